The average molecular weight is 810 g/mol. The fourth-order valence-electron chi connectivity index (χ4n) is 6.94. The number of hydrogen-bond acceptors (Lipinski definition) is 11. The second-order valence-electron chi connectivity index (χ2n) is 15.0. The summed E-state index contributed by atoms with van der Waals surface area (Å²) in [5, 5.41) is 11.6. The summed E-state index contributed by atoms with van der Waals surface area (Å²) in [6, 6.07) is 10.7. The number of fused-ring (bicyclic) bond motifs is 1. The van der Waals surface area contributed by atoms with E-state index in [0.29, 0.717) is 64.9 Å². The number of halogens is 6. The van der Waals surface area contributed by atoms with Crippen LogP contribution in [0.3, 0.4) is 0 Å². The number of nitrogens with zero attached hydrogens (tertiary/aromatic N) is 5. The van der Waals surface area contributed by atoms with E-state index in [1.807, 2.05) is 0 Å². The van der Waals surface area contributed by atoms with Gasteiger partial charge in [-0.15, -0.1) is 0 Å². The molecule has 1 aliphatic heterocycles. The van der Waals surface area contributed by atoms with Crippen molar-refractivity contribution >= 4 is 59.8 Å². The molecule has 19 heteroatoms. The van der Waals surface area contributed by atoms with Gasteiger partial charge in [0.1, 0.15) is 31.2 Å². The number of benzene rings is 2. The summed E-state index contributed by atoms with van der Waals surface area (Å²) >= 11 is 0. The average Bonchev–Trinajstić information content (AvgIpc) is 3.66. The van der Waals surface area contributed by atoms with Gasteiger partial charge in [0, 0.05) is 53.5 Å². The van der Waals surface area contributed by atoms with Gasteiger partial charge in [-0.25, -0.2) is 15.0 Å². The van der Waals surface area contributed by atoms with Crippen LogP contribution in [0.25, 0.3) is 0 Å². The third-order valence-electron chi connectivity index (χ3n) is 9.79. The summed E-state index contributed by atoms with van der Waals surface area (Å²) < 4.78 is 110. The van der Waals surface area contributed by atoms with Gasteiger partial charge < -0.3 is 30.5 Å². The quantitative estimate of drug-likeness (QED) is 0.0812. The van der Waals surface area contributed by atoms with Crippen LogP contribution in [0.5, 0.6) is 0 Å². The molecule has 0 amide bonds. The Morgan fingerprint density at radius 1 is 0.764 bits per heavy atom. The van der Waals surface area contributed by atoms with E-state index in [9.17, 15) is 35.5 Å². The van der Waals surface area contributed by atoms with Gasteiger partial charge in [0.15, 0.2) is 5.82 Å². The van der Waals surface area contributed by atoms with Crippen molar-refractivity contribution in [2.24, 2.45) is 11.8 Å². The topological polar surface area (TPSA) is 137 Å². The maximum absolute atomic E-state index is 14.2. The molecule has 1 saturated carbocycles. The molecule has 55 heavy (non-hydrogen) atoms. The van der Waals surface area contributed by atoms with Crippen LogP contribution in [-0.2, 0) is 27.9 Å². The molecule has 3 atom stereocenters. The van der Waals surface area contributed by atoms with Crippen molar-refractivity contribution in [2.45, 2.75) is 51.0 Å². The Kier molecular flexibility index (Phi) is 11.3. The minimum Gasteiger partial charge on any atom is -0.367 e. The van der Waals surface area contributed by atoms with E-state index in [1.165, 1.54) is 0 Å². The molecule has 4 N–H and O–H groups in total. The highest BCUT2D eigenvalue weighted by Gasteiger charge is 2.40. The van der Waals surface area contributed by atoms with Gasteiger partial charge in [0.2, 0.25) is 11.9 Å². The van der Waals surface area contributed by atoms with Gasteiger partial charge in [-0.05, 0) is 113 Å². The molecule has 2 aliphatic rings. The van der Waals surface area contributed by atoms with Crippen molar-refractivity contribution in [1.29, 1.82) is 0 Å². The van der Waals surface area contributed by atoms with Crippen LogP contribution in [0.2, 0.25) is 0 Å². The lowest BCUT2D eigenvalue weighted by Gasteiger charge is -2.23. The Bertz CT molecular complexity index is 2110. The molecular formula is C36H43F6N9O2P2. The predicted molar refractivity (Wildman–Crippen MR) is 205 cm³/mol. The molecule has 2 fully saturated rings. The molecule has 0 spiro atoms. The fraction of sp³-hybridized carbons (Fsp3) is 0.444. The minimum atomic E-state index is -4.80. The summed E-state index contributed by atoms with van der Waals surface area (Å²) in [4.78, 5) is 16.2. The van der Waals surface area contributed by atoms with E-state index >= 15 is 0 Å². The lowest BCUT2D eigenvalue weighted by molar-refractivity contribution is -0.138. The molecule has 1 saturated heterocycles. The van der Waals surface area contributed by atoms with Crippen molar-refractivity contribution in [3.8, 4) is 0 Å². The van der Waals surface area contributed by atoms with Gasteiger partial charge in [0.05, 0.1) is 0 Å². The molecule has 296 valence electrons. The van der Waals surface area contributed by atoms with Crippen LogP contribution >= 0.6 is 14.3 Å². The third kappa shape index (κ3) is 9.98. The van der Waals surface area contributed by atoms with Gasteiger partial charge in [-0.3, -0.25) is 0 Å². The summed E-state index contributed by atoms with van der Waals surface area (Å²) in [5.41, 5.74) is 2.08. The monoisotopic (exact) mass is 809 g/mol. The highest BCUT2D eigenvalue weighted by atomic mass is 31.2. The Hall–Kier alpha value is -4.20. The summed E-state index contributed by atoms with van der Waals surface area (Å²) in [7, 11) is -5.33. The predicted octanol–water partition coefficient (Wildman–Crippen LogP) is 8.39. The maximum Gasteiger partial charge on any atom is 0.421 e. The maximum atomic E-state index is 14.2. The first-order valence-electron chi connectivity index (χ1n) is 17.7. The fourth-order valence-corrected chi connectivity index (χ4v) is 8.71. The largest absolute Gasteiger partial charge is 0.421 e. The number of hydrogen-bond donors (Lipinski definition) is 4. The van der Waals surface area contributed by atoms with Crippen molar-refractivity contribution < 1.29 is 35.5 Å². The van der Waals surface area contributed by atoms with Crippen LogP contribution in [0.15, 0.2) is 54.9 Å². The SMILES string of the molecule is CC(Cc1cc(P(C)(C)=O)ccc1Nc1ncc(C(F)(F)F)c(NN2CC3CCCC3C2)n1)Nc1nc(Nc2ccc(P(C)(C)=O)cc2)ncc1C(F)(F)F. The van der Waals surface area contributed by atoms with Crippen LogP contribution in [0.1, 0.15) is 42.9 Å². The summed E-state index contributed by atoms with van der Waals surface area (Å²) in [5.74, 6) is -0.310. The number of hydrazine groups is 1. The van der Waals surface area contributed by atoms with E-state index in [-0.39, 0.29) is 18.3 Å². The van der Waals surface area contributed by atoms with Gasteiger partial charge >= 0.3 is 12.4 Å². The van der Waals surface area contributed by atoms with E-state index in [1.54, 1.807) is 81.1 Å². The van der Waals surface area contributed by atoms with Crippen LogP contribution in [-0.4, -0.2) is 70.7 Å². The van der Waals surface area contributed by atoms with Crippen molar-refractivity contribution in [2.75, 3.05) is 61.1 Å². The molecule has 11 nitrogen and oxygen atoms in total. The highest BCUT2D eigenvalue weighted by molar-refractivity contribution is 7.70. The second-order valence-corrected chi connectivity index (χ2v) is 21.4. The van der Waals surface area contributed by atoms with Crippen molar-refractivity contribution in [3.05, 3.63) is 71.5 Å². The molecule has 0 bridgehead atoms. The first-order chi connectivity index (χ1) is 25.6. The van der Waals surface area contributed by atoms with E-state index < -0.39 is 55.4 Å². The molecule has 4 aromatic rings. The van der Waals surface area contributed by atoms with Gasteiger partial charge in [-0.2, -0.15) is 36.3 Å². The number of nitrogens with one attached hydrogen (secondary N) is 4. The van der Waals surface area contributed by atoms with Crippen LogP contribution in [0.4, 0.5) is 61.2 Å². The zero-order chi connectivity index (χ0) is 39.9. The zero-order valence-electron chi connectivity index (χ0n) is 30.9. The highest BCUT2D eigenvalue weighted by Crippen LogP contribution is 2.41. The number of aromatic nitrogens is 4. The van der Waals surface area contributed by atoms with Gasteiger partial charge in [0.25, 0.3) is 0 Å². The van der Waals surface area contributed by atoms with E-state index in [4.69, 9.17) is 0 Å². The van der Waals surface area contributed by atoms with Crippen molar-refractivity contribution in [1.82, 2.24) is 24.9 Å². The molecule has 3 heterocycles. The van der Waals surface area contributed by atoms with Crippen molar-refractivity contribution in [3.63, 3.8) is 0 Å². The Morgan fingerprint density at radius 3 is 1.85 bits per heavy atom. The molecule has 2 aromatic heterocycles. The summed E-state index contributed by atoms with van der Waals surface area (Å²) in [6.45, 7) is 9.25. The van der Waals surface area contributed by atoms with E-state index in [0.717, 1.165) is 19.3 Å². The van der Waals surface area contributed by atoms with Crippen LogP contribution < -0.4 is 32.0 Å². The molecule has 1 aliphatic carbocycles. The standard InChI is InChI=1S/C36H43F6N9O2P2/c1-21(45-31-28(35(37,38)39)17-43-33(48-31)46-25-9-11-26(12-10-25)54(2,3)52)15-24-16-27(55(4,5)53)13-14-30(24)47-34-44-18-29(36(40,41)42)32(49-34)50-51-19-22-7-6-8-23(22)20-51/h9-14,16-18,21-23H,6-8,15,19-20H2,1-5H3,(H2,43,45,46,48)(H2,44,47,49,50). The molecule has 3 unspecified atom stereocenters. The van der Waals surface area contributed by atoms with E-state index in [2.05, 4.69) is 41.3 Å². The smallest absolute Gasteiger partial charge is 0.367 e. The zero-order valence-corrected chi connectivity index (χ0v) is 32.7. The molecule has 6 rings (SSSR count). The van der Waals surface area contributed by atoms with Crippen LogP contribution in [0, 0.1) is 11.8 Å². The Labute approximate surface area is 315 Å². The Morgan fingerprint density at radius 2 is 1.29 bits per heavy atom. The second kappa shape index (κ2) is 15.4. The lowest BCUT2D eigenvalue weighted by atomic mass is 10.0. The number of anilines is 6. The Balaban J connectivity index is 1.26. The lowest BCUT2D eigenvalue weighted by Crippen LogP contribution is -2.30. The number of alkyl halides is 6. The summed E-state index contributed by atoms with van der Waals surface area (Å²) in [6.07, 6.45) is -4.90. The molecule has 0 radical (unpaired) electrons. The third-order valence-corrected chi connectivity index (χ3v) is 12.9. The number of rotatable bonds is 12. The molecular weight excluding hydrogens is 766 g/mol. The molecule has 2 aromatic carbocycles. The minimum absolute atomic E-state index is 0.0675. The van der Waals surface area contributed by atoms with Gasteiger partial charge in [-0.1, -0.05) is 6.42 Å². The first kappa shape index (κ1) is 40.5. The normalized spacial score (nSPS) is 18.5. The first-order valence-corrected chi connectivity index (χ1v) is 22.9.